The number of hydrogen-bond donors (Lipinski definition) is 1. The van der Waals surface area contributed by atoms with Gasteiger partial charge in [-0.3, -0.25) is 9.89 Å². The van der Waals surface area contributed by atoms with E-state index in [-0.39, 0.29) is 6.61 Å². The quantitative estimate of drug-likeness (QED) is 0.870. The Kier molecular flexibility index (Phi) is 3.40. The molecule has 1 N–H and O–H groups in total. The number of aromatic nitrogens is 2. The number of carbonyl (C=O) groups is 1. The first-order chi connectivity index (χ1) is 8.27. The number of rotatable bonds is 3. The molecule has 0 spiro atoms. The van der Waals surface area contributed by atoms with Crippen molar-refractivity contribution in [2.24, 2.45) is 0 Å². The second kappa shape index (κ2) is 5.16. The molecule has 0 unspecified atom stereocenters. The average Bonchev–Trinajstić information content (AvgIpc) is 2.77. The summed E-state index contributed by atoms with van der Waals surface area (Å²) in [5.41, 5.74) is 0.661. The molecule has 1 aromatic carbocycles. The van der Waals surface area contributed by atoms with Crippen molar-refractivity contribution in [1.82, 2.24) is 9.78 Å². The highest BCUT2D eigenvalue weighted by Crippen LogP contribution is 1.99. The molecule has 88 valence electrons. The molecule has 0 radical (unpaired) electrons. The minimum absolute atomic E-state index is 0.244. The number of ether oxygens (including phenoxy) is 1. The predicted molar refractivity (Wildman–Crippen MR) is 61.9 cm³/mol. The van der Waals surface area contributed by atoms with Gasteiger partial charge in [-0.15, -0.1) is 0 Å². The smallest absolute Gasteiger partial charge is 0.436 e. The Balaban J connectivity index is 1.86. The summed E-state index contributed by atoms with van der Waals surface area (Å²) in [5.74, 6) is 0. The van der Waals surface area contributed by atoms with E-state index < -0.39 is 11.7 Å². The van der Waals surface area contributed by atoms with Crippen LogP contribution in [0, 0.1) is 0 Å². The van der Waals surface area contributed by atoms with Gasteiger partial charge in [0, 0.05) is 18.7 Å². The molecule has 1 heterocycles. The minimum atomic E-state index is -0.684. The third kappa shape index (κ3) is 2.84. The fourth-order valence-electron chi connectivity index (χ4n) is 1.43. The summed E-state index contributed by atoms with van der Waals surface area (Å²) in [6.07, 6.45) is 1.33. The van der Waals surface area contributed by atoms with Crippen molar-refractivity contribution in [2.75, 3.05) is 6.61 Å². The van der Waals surface area contributed by atoms with Crippen molar-refractivity contribution in [3.8, 4) is 0 Å². The van der Waals surface area contributed by atoms with Crippen LogP contribution in [-0.2, 0) is 11.2 Å². The molecule has 2 rings (SSSR count). The van der Waals surface area contributed by atoms with Crippen LogP contribution >= 0.6 is 0 Å². The van der Waals surface area contributed by atoms with Crippen LogP contribution < -0.4 is 5.56 Å². The summed E-state index contributed by atoms with van der Waals surface area (Å²) in [4.78, 5) is 22.6. The van der Waals surface area contributed by atoms with Crippen molar-refractivity contribution in [1.29, 1.82) is 0 Å². The normalized spacial score (nSPS) is 10.1. The Morgan fingerprint density at radius 2 is 2.00 bits per heavy atom. The molecule has 5 heteroatoms. The molecular formula is C12H12N2O3. The molecule has 0 fully saturated rings. The molecule has 2 aromatic rings. The molecule has 17 heavy (non-hydrogen) atoms. The van der Waals surface area contributed by atoms with E-state index in [9.17, 15) is 9.59 Å². The SMILES string of the molecule is O=C(OCCc1ccccc1)n1[nH]ccc1=O. The van der Waals surface area contributed by atoms with Crippen molar-refractivity contribution in [2.45, 2.75) is 6.42 Å². The second-order valence-corrected chi connectivity index (χ2v) is 3.49. The highest BCUT2D eigenvalue weighted by atomic mass is 16.6. The Bertz CT molecular complexity index is 542. The first kappa shape index (κ1) is 11.2. The van der Waals surface area contributed by atoms with E-state index >= 15 is 0 Å². The highest BCUT2D eigenvalue weighted by Gasteiger charge is 2.08. The van der Waals surface area contributed by atoms with Gasteiger partial charge in [0.25, 0.3) is 5.56 Å². The summed E-state index contributed by atoms with van der Waals surface area (Å²) in [6, 6.07) is 10.9. The number of hydrogen-bond acceptors (Lipinski definition) is 3. The van der Waals surface area contributed by atoms with Gasteiger partial charge in [-0.05, 0) is 5.56 Å². The molecule has 0 aliphatic heterocycles. The van der Waals surface area contributed by atoms with Crippen LogP contribution in [0.4, 0.5) is 4.79 Å². The Hall–Kier alpha value is -2.30. The second-order valence-electron chi connectivity index (χ2n) is 3.49. The minimum Gasteiger partial charge on any atom is -0.448 e. The van der Waals surface area contributed by atoms with Gasteiger partial charge < -0.3 is 4.74 Å². The van der Waals surface area contributed by atoms with Crippen LogP contribution in [-0.4, -0.2) is 22.5 Å². The molecular weight excluding hydrogens is 220 g/mol. The van der Waals surface area contributed by atoms with Crippen LogP contribution in [0.15, 0.2) is 47.4 Å². The molecule has 0 amide bonds. The van der Waals surface area contributed by atoms with Gasteiger partial charge in [0.05, 0.1) is 6.61 Å². The summed E-state index contributed by atoms with van der Waals surface area (Å²) in [5, 5.41) is 2.48. The third-order valence-corrected chi connectivity index (χ3v) is 2.29. The lowest BCUT2D eigenvalue weighted by atomic mass is 10.2. The van der Waals surface area contributed by atoms with Crippen molar-refractivity contribution in [3.63, 3.8) is 0 Å². The maximum atomic E-state index is 11.4. The zero-order valence-electron chi connectivity index (χ0n) is 9.13. The summed E-state index contributed by atoms with van der Waals surface area (Å²) in [6.45, 7) is 0.244. The Morgan fingerprint density at radius 3 is 2.65 bits per heavy atom. The zero-order valence-corrected chi connectivity index (χ0v) is 9.13. The number of aromatic amines is 1. The molecule has 1 aromatic heterocycles. The van der Waals surface area contributed by atoms with Crippen LogP contribution in [0.1, 0.15) is 5.56 Å². The number of carbonyl (C=O) groups excluding carboxylic acids is 1. The predicted octanol–water partition coefficient (Wildman–Crippen LogP) is 1.40. The van der Waals surface area contributed by atoms with Crippen molar-refractivity contribution < 1.29 is 9.53 Å². The third-order valence-electron chi connectivity index (χ3n) is 2.29. The van der Waals surface area contributed by atoms with Crippen molar-refractivity contribution >= 4 is 6.09 Å². The van der Waals surface area contributed by atoms with E-state index in [0.717, 1.165) is 10.2 Å². The molecule has 0 bridgehead atoms. The molecule has 0 saturated carbocycles. The molecule has 5 nitrogen and oxygen atoms in total. The molecule has 0 saturated heterocycles. The van der Waals surface area contributed by atoms with Crippen LogP contribution in [0.3, 0.4) is 0 Å². The van der Waals surface area contributed by atoms with E-state index in [1.165, 1.54) is 12.3 Å². The van der Waals surface area contributed by atoms with Crippen LogP contribution in [0.2, 0.25) is 0 Å². The number of nitrogens with one attached hydrogen (secondary N) is 1. The Morgan fingerprint density at radius 1 is 1.24 bits per heavy atom. The molecule has 0 aliphatic rings. The standard InChI is InChI=1S/C12H12N2O3/c15-11-6-8-13-14(11)12(16)17-9-7-10-4-2-1-3-5-10/h1-6,8,13H,7,9H2. The van der Waals surface area contributed by atoms with Gasteiger partial charge >= 0.3 is 6.09 Å². The van der Waals surface area contributed by atoms with Gasteiger partial charge in [0.1, 0.15) is 0 Å². The number of benzene rings is 1. The van der Waals surface area contributed by atoms with E-state index in [1.807, 2.05) is 30.3 Å². The van der Waals surface area contributed by atoms with Gasteiger partial charge in [-0.1, -0.05) is 30.3 Å². The summed E-state index contributed by atoms with van der Waals surface area (Å²) >= 11 is 0. The van der Waals surface area contributed by atoms with Crippen molar-refractivity contribution in [3.05, 3.63) is 58.5 Å². The van der Waals surface area contributed by atoms with E-state index in [4.69, 9.17) is 4.74 Å². The van der Waals surface area contributed by atoms with E-state index in [1.54, 1.807) is 0 Å². The van der Waals surface area contributed by atoms with Gasteiger partial charge in [0.2, 0.25) is 0 Å². The van der Waals surface area contributed by atoms with Gasteiger partial charge in [0.15, 0.2) is 0 Å². The topological polar surface area (TPSA) is 64.1 Å². The lowest BCUT2D eigenvalue weighted by Gasteiger charge is -2.04. The highest BCUT2D eigenvalue weighted by molar-refractivity contribution is 5.68. The first-order valence-corrected chi connectivity index (χ1v) is 5.25. The lowest BCUT2D eigenvalue weighted by molar-refractivity contribution is 0.145. The lowest BCUT2D eigenvalue weighted by Crippen LogP contribution is -2.26. The summed E-state index contributed by atoms with van der Waals surface area (Å²) in [7, 11) is 0. The fourth-order valence-corrected chi connectivity index (χ4v) is 1.43. The van der Waals surface area contributed by atoms with E-state index in [2.05, 4.69) is 5.10 Å². The monoisotopic (exact) mass is 232 g/mol. The number of H-pyrrole nitrogens is 1. The Labute approximate surface area is 97.6 Å². The summed E-state index contributed by atoms with van der Waals surface area (Å²) < 4.78 is 5.79. The maximum Gasteiger partial charge on any atom is 0.436 e. The van der Waals surface area contributed by atoms with Gasteiger partial charge in [-0.25, -0.2) is 4.79 Å². The molecule has 0 atom stereocenters. The van der Waals surface area contributed by atoms with Crippen LogP contribution in [0.25, 0.3) is 0 Å². The largest absolute Gasteiger partial charge is 0.448 e. The first-order valence-electron chi connectivity index (χ1n) is 5.25. The fraction of sp³-hybridized carbons (Fsp3) is 0.167. The molecule has 0 aliphatic carbocycles. The van der Waals surface area contributed by atoms with Crippen LogP contribution in [0.5, 0.6) is 0 Å². The number of nitrogens with zero attached hydrogens (tertiary/aromatic N) is 1. The maximum absolute atomic E-state index is 11.4. The average molecular weight is 232 g/mol. The van der Waals surface area contributed by atoms with Gasteiger partial charge in [-0.2, -0.15) is 4.68 Å². The zero-order chi connectivity index (χ0) is 12.1. The van der Waals surface area contributed by atoms with E-state index in [0.29, 0.717) is 6.42 Å².